The summed E-state index contributed by atoms with van der Waals surface area (Å²) in [5.74, 6) is 0.448. The highest BCUT2D eigenvalue weighted by Crippen LogP contribution is 2.33. The van der Waals surface area contributed by atoms with Gasteiger partial charge in [-0.25, -0.2) is 9.07 Å². The van der Waals surface area contributed by atoms with E-state index < -0.39 is 0 Å². The Kier molecular flexibility index (Phi) is 2.82. The molecule has 0 saturated carbocycles. The van der Waals surface area contributed by atoms with E-state index in [0.717, 1.165) is 11.3 Å². The van der Waals surface area contributed by atoms with Crippen LogP contribution in [-0.4, -0.2) is 14.8 Å². The van der Waals surface area contributed by atoms with Crippen LogP contribution >= 0.6 is 11.3 Å². The van der Waals surface area contributed by atoms with Crippen molar-refractivity contribution in [2.45, 2.75) is 6.04 Å². The maximum Gasteiger partial charge on any atom is 0.226 e. The number of benzene rings is 1. The molecule has 0 aliphatic carbocycles. The molecule has 0 fully saturated rings. The van der Waals surface area contributed by atoms with Crippen LogP contribution in [0.1, 0.15) is 16.5 Å². The fourth-order valence-electron chi connectivity index (χ4n) is 2.39. The first-order valence-corrected chi connectivity index (χ1v) is 7.37. The van der Waals surface area contributed by atoms with E-state index in [9.17, 15) is 4.39 Å². The van der Waals surface area contributed by atoms with Gasteiger partial charge in [-0.15, -0.1) is 11.3 Å². The Morgan fingerprint density at radius 2 is 2.05 bits per heavy atom. The van der Waals surface area contributed by atoms with Crippen LogP contribution in [-0.2, 0) is 0 Å². The molecule has 1 N–H and O–H groups in total. The molecule has 1 aromatic carbocycles. The number of halogens is 1. The van der Waals surface area contributed by atoms with Gasteiger partial charge >= 0.3 is 0 Å². The van der Waals surface area contributed by atoms with E-state index >= 15 is 0 Å². The van der Waals surface area contributed by atoms with Crippen molar-refractivity contribution >= 4 is 23.0 Å². The molecule has 0 radical (unpaired) electrons. The minimum atomic E-state index is -0.242. The number of aromatic nitrogens is 3. The third-order valence-corrected chi connectivity index (χ3v) is 4.34. The normalized spacial score (nSPS) is 17.0. The van der Waals surface area contributed by atoms with E-state index in [1.807, 2.05) is 16.1 Å². The number of hydrogen-bond acceptors (Lipinski definition) is 4. The van der Waals surface area contributed by atoms with Crippen LogP contribution in [0.2, 0.25) is 0 Å². The predicted molar refractivity (Wildman–Crippen MR) is 80.5 cm³/mol. The molecule has 4 rings (SSSR count). The zero-order valence-electron chi connectivity index (χ0n) is 10.9. The minimum absolute atomic E-state index is 0.00352. The lowest BCUT2D eigenvalue weighted by Crippen LogP contribution is -2.19. The van der Waals surface area contributed by atoms with Gasteiger partial charge in [0, 0.05) is 10.6 Å². The van der Waals surface area contributed by atoms with Crippen molar-refractivity contribution in [1.82, 2.24) is 14.8 Å². The average molecular weight is 298 g/mol. The highest BCUT2D eigenvalue weighted by atomic mass is 32.1. The molecule has 0 unspecified atom stereocenters. The Morgan fingerprint density at radius 3 is 2.81 bits per heavy atom. The van der Waals surface area contributed by atoms with Crippen molar-refractivity contribution in [1.29, 1.82) is 0 Å². The highest BCUT2D eigenvalue weighted by Gasteiger charge is 2.23. The molecule has 0 amide bonds. The van der Waals surface area contributed by atoms with Gasteiger partial charge in [0.15, 0.2) is 0 Å². The molecule has 1 atom stereocenters. The fourth-order valence-corrected chi connectivity index (χ4v) is 3.17. The van der Waals surface area contributed by atoms with E-state index in [-0.39, 0.29) is 11.9 Å². The van der Waals surface area contributed by atoms with Crippen LogP contribution in [0, 0.1) is 5.82 Å². The molecule has 3 heterocycles. The van der Waals surface area contributed by atoms with Gasteiger partial charge in [-0.05, 0) is 47.4 Å². The number of rotatable bonds is 2. The number of fused-ring (bicyclic) bond motifs is 1. The molecule has 4 nitrogen and oxygen atoms in total. The van der Waals surface area contributed by atoms with Crippen molar-refractivity contribution in [3.63, 3.8) is 0 Å². The lowest BCUT2D eigenvalue weighted by Gasteiger charge is -2.23. The van der Waals surface area contributed by atoms with E-state index in [4.69, 9.17) is 0 Å². The van der Waals surface area contributed by atoms with Gasteiger partial charge in [0.05, 0.1) is 0 Å². The number of nitrogens with zero attached hydrogens (tertiary/aromatic N) is 3. The molecule has 6 heteroatoms. The second-order valence-electron chi connectivity index (χ2n) is 4.70. The van der Waals surface area contributed by atoms with Crippen molar-refractivity contribution in [2.75, 3.05) is 5.32 Å². The number of thiophene rings is 1. The van der Waals surface area contributed by atoms with Gasteiger partial charge in [0.2, 0.25) is 5.95 Å². The molecule has 1 aliphatic heterocycles. The molecular formula is C15H11FN4S. The van der Waals surface area contributed by atoms with Crippen LogP contribution in [0.25, 0.3) is 5.70 Å². The maximum atomic E-state index is 13.1. The maximum absolute atomic E-state index is 13.1. The van der Waals surface area contributed by atoms with Gasteiger partial charge in [0.1, 0.15) is 18.2 Å². The third kappa shape index (κ3) is 2.13. The molecule has 3 aromatic rings. The van der Waals surface area contributed by atoms with E-state index in [1.54, 1.807) is 23.5 Å². The van der Waals surface area contributed by atoms with Crippen LogP contribution in [0.4, 0.5) is 10.3 Å². The molecule has 2 aromatic heterocycles. The number of allylic oxidation sites excluding steroid dienone is 1. The molecular weight excluding hydrogens is 287 g/mol. The van der Waals surface area contributed by atoms with Crippen molar-refractivity contribution < 1.29 is 4.39 Å². The summed E-state index contributed by atoms with van der Waals surface area (Å²) in [6.07, 6.45) is 3.62. The summed E-state index contributed by atoms with van der Waals surface area (Å²) in [5, 5.41) is 9.56. The Balaban J connectivity index is 1.80. The third-order valence-electron chi connectivity index (χ3n) is 3.40. The molecule has 0 bridgehead atoms. The van der Waals surface area contributed by atoms with Crippen LogP contribution < -0.4 is 5.32 Å². The Morgan fingerprint density at radius 1 is 1.19 bits per heavy atom. The molecule has 1 aliphatic rings. The second kappa shape index (κ2) is 4.82. The monoisotopic (exact) mass is 298 g/mol. The number of nitrogens with one attached hydrogen (secondary N) is 1. The fraction of sp³-hybridized carbons (Fsp3) is 0.0667. The molecule has 21 heavy (non-hydrogen) atoms. The van der Waals surface area contributed by atoms with Crippen molar-refractivity contribution in [2.24, 2.45) is 0 Å². The number of anilines is 1. The zero-order chi connectivity index (χ0) is 14.2. The standard InChI is InChI=1S/C15H11FN4S/c16-11-5-3-10(4-6-11)12-8-13(14-2-1-7-21-14)20-15(19-12)17-9-18-20/h1-9,13H,(H,17,18,19)/t13-/m0/s1. The molecule has 0 saturated heterocycles. The summed E-state index contributed by atoms with van der Waals surface area (Å²) in [6.45, 7) is 0. The second-order valence-corrected chi connectivity index (χ2v) is 5.68. The first-order chi connectivity index (χ1) is 10.3. The number of hydrogen-bond donors (Lipinski definition) is 1. The van der Waals surface area contributed by atoms with Crippen LogP contribution in [0.5, 0.6) is 0 Å². The smallest absolute Gasteiger partial charge is 0.226 e. The lowest BCUT2D eigenvalue weighted by molar-refractivity contribution is 0.619. The zero-order valence-corrected chi connectivity index (χ0v) is 11.7. The van der Waals surface area contributed by atoms with Gasteiger partial charge in [-0.3, -0.25) is 0 Å². The first kappa shape index (κ1) is 12.3. The van der Waals surface area contributed by atoms with Crippen LogP contribution in [0.3, 0.4) is 0 Å². The summed E-state index contributed by atoms with van der Waals surface area (Å²) in [4.78, 5) is 5.42. The molecule has 104 valence electrons. The average Bonchev–Trinajstić information content (AvgIpc) is 3.18. The summed E-state index contributed by atoms with van der Waals surface area (Å²) < 4.78 is 14.9. The summed E-state index contributed by atoms with van der Waals surface area (Å²) in [6, 6.07) is 10.5. The first-order valence-electron chi connectivity index (χ1n) is 6.49. The van der Waals surface area contributed by atoms with E-state index in [2.05, 4.69) is 27.5 Å². The summed E-state index contributed by atoms with van der Waals surface area (Å²) in [7, 11) is 0. The van der Waals surface area contributed by atoms with Gasteiger partial charge < -0.3 is 5.32 Å². The molecule has 0 spiro atoms. The minimum Gasteiger partial charge on any atom is -0.324 e. The van der Waals surface area contributed by atoms with Gasteiger partial charge in [0.25, 0.3) is 0 Å². The van der Waals surface area contributed by atoms with E-state index in [1.165, 1.54) is 23.3 Å². The van der Waals surface area contributed by atoms with Crippen molar-refractivity contribution in [3.05, 3.63) is 70.4 Å². The summed E-state index contributed by atoms with van der Waals surface area (Å²) >= 11 is 1.68. The van der Waals surface area contributed by atoms with Gasteiger partial charge in [-0.1, -0.05) is 6.07 Å². The SMILES string of the molecule is Fc1ccc(C2=C[C@@H](c3cccs3)n3ncnc3N2)cc1. The van der Waals surface area contributed by atoms with E-state index in [0.29, 0.717) is 5.95 Å². The van der Waals surface area contributed by atoms with Crippen molar-refractivity contribution in [3.8, 4) is 0 Å². The lowest BCUT2D eigenvalue weighted by atomic mass is 10.1. The largest absolute Gasteiger partial charge is 0.324 e. The van der Waals surface area contributed by atoms with Gasteiger partial charge in [-0.2, -0.15) is 10.1 Å². The topological polar surface area (TPSA) is 42.7 Å². The Hall–Kier alpha value is -2.47. The Labute approximate surface area is 124 Å². The summed E-state index contributed by atoms with van der Waals surface area (Å²) in [5.41, 5.74) is 1.83. The quantitative estimate of drug-likeness (QED) is 0.787. The Bertz CT molecular complexity index is 789. The highest BCUT2D eigenvalue weighted by molar-refractivity contribution is 7.10. The van der Waals surface area contributed by atoms with Crippen LogP contribution in [0.15, 0.2) is 54.2 Å². The predicted octanol–water partition coefficient (Wildman–Crippen LogP) is 3.53.